The number of anilines is 1. The summed E-state index contributed by atoms with van der Waals surface area (Å²) in [6, 6.07) is 11.5. The van der Waals surface area contributed by atoms with Crippen molar-refractivity contribution in [1.29, 1.82) is 0 Å². The highest BCUT2D eigenvalue weighted by Crippen LogP contribution is 2.21. The Morgan fingerprint density at radius 2 is 1.70 bits per heavy atom. The summed E-state index contributed by atoms with van der Waals surface area (Å²) in [5, 5.41) is 8.31. The zero-order valence-corrected chi connectivity index (χ0v) is 21.8. The topological polar surface area (TPSA) is 93.8 Å². The molecule has 2 aromatic carbocycles. The van der Waals surface area contributed by atoms with Gasteiger partial charge in [-0.3, -0.25) is 14.5 Å². The van der Waals surface area contributed by atoms with E-state index in [2.05, 4.69) is 20.9 Å². The normalized spacial score (nSPS) is 16.6. The van der Waals surface area contributed by atoms with Gasteiger partial charge in [-0.15, -0.1) is 0 Å². The molecule has 1 heterocycles. The zero-order chi connectivity index (χ0) is 26.6. The lowest BCUT2D eigenvalue weighted by Crippen LogP contribution is -2.48. The number of urea groups is 1. The summed E-state index contributed by atoms with van der Waals surface area (Å²) < 4.78 is 14.6. The molecular formula is C28H36FN5O3. The third-order valence-corrected chi connectivity index (χ3v) is 6.65. The number of piperazine rings is 1. The minimum absolute atomic E-state index is 0.0524. The van der Waals surface area contributed by atoms with Gasteiger partial charge < -0.3 is 20.9 Å². The first kappa shape index (κ1) is 26.6. The molecule has 4 rings (SSSR count). The van der Waals surface area contributed by atoms with E-state index in [-0.39, 0.29) is 34.6 Å². The van der Waals surface area contributed by atoms with Crippen LogP contribution in [0.4, 0.5) is 14.9 Å². The Hall–Kier alpha value is -3.46. The summed E-state index contributed by atoms with van der Waals surface area (Å²) in [6.45, 7) is 8.92. The van der Waals surface area contributed by atoms with Crippen molar-refractivity contribution in [2.24, 2.45) is 0 Å². The van der Waals surface area contributed by atoms with Crippen molar-refractivity contribution in [3.63, 3.8) is 0 Å². The molecule has 0 unspecified atom stereocenters. The van der Waals surface area contributed by atoms with Crippen molar-refractivity contribution in [1.82, 2.24) is 20.4 Å². The van der Waals surface area contributed by atoms with Crippen molar-refractivity contribution in [3.8, 4) is 0 Å². The number of carbonyl (C=O) groups is 3. The first-order chi connectivity index (χ1) is 17.6. The second kappa shape index (κ2) is 11.3. The Kier molecular flexibility index (Phi) is 8.12. The van der Waals surface area contributed by atoms with Gasteiger partial charge in [0.1, 0.15) is 5.82 Å². The summed E-state index contributed by atoms with van der Waals surface area (Å²) in [5.41, 5.74) is 1.67. The average Bonchev–Trinajstić information content (AvgIpc) is 2.82. The molecule has 2 aromatic rings. The van der Waals surface area contributed by atoms with Crippen LogP contribution in [0.3, 0.4) is 0 Å². The first-order valence-corrected chi connectivity index (χ1v) is 12.9. The molecule has 8 nitrogen and oxygen atoms in total. The van der Waals surface area contributed by atoms with Gasteiger partial charge in [0.05, 0.1) is 5.69 Å². The fraction of sp³-hybridized carbons (Fsp3) is 0.464. The van der Waals surface area contributed by atoms with Crippen LogP contribution in [0.5, 0.6) is 0 Å². The lowest BCUT2D eigenvalue weighted by Gasteiger charge is -2.35. The van der Waals surface area contributed by atoms with Gasteiger partial charge >= 0.3 is 6.03 Å². The lowest BCUT2D eigenvalue weighted by molar-refractivity contribution is 0.0627. The third-order valence-electron chi connectivity index (χ3n) is 6.65. The third kappa shape index (κ3) is 7.29. The molecule has 0 bridgehead atoms. The molecule has 0 aromatic heterocycles. The summed E-state index contributed by atoms with van der Waals surface area (Å²) in [4.78, 5) is 41.4. The number of benzene rings is 2. The molecule has 1 aliphatic carbocycles. The van der Waals surface area contributed by atoms with Crippen LogP contribution in [0.2, 0.25) is 0 Å². The van der Waals surface area contributed by atoms with Crippen LogP contribution in [0.25, 0.3) is 0 Å². The van der Waals surface area contributed by atoms with E-state index in [4.69, 9.17) is 0 Å². The van der Waals surface area contributed by atoms with Crippen molar-refractivity contribution >= 4 is 23.5 Å². The maximum atomic E-state index is 14.6. The van der Waals surface area contributed by atoms with Crippen LogP contribution in [-0.2, 0) is 6.54 Å². The Morgan fingerprint density at radius 3 is 2.32 bits per heavy atom. The molecule has 198 valence electrons. The number of nitrogens with zero attached hydrogens (tertiary/aromatic N) is 2. The smallest absolute Gasteiger partial charge is 0.319 e. The number of amides is 4. The van der Waals surface area contributed by atoms with E-state index < -0.39 is 11.8 Å². The number of hydrogen-bond donors (Lipinski definition) is 3. The molecule has 0 spiro atoms. The van der Waals surface area contributed by atoms with E-state index in [1.54, 1.807) is 11.0 Å². The molecule has 1 saturated heterocycles. The maximum absolute atomic E-state index is 14.6. The van der Waals surface area contributed by atoms with E-state index in [1.165, 1.54) is 12.1 Å². The Bertz CT molecular complexity index is 1150. The molecule has 9 heteroatoms. The highest BCUT2D eigenvalue weighted by molar-refractivity contribution is 5.96. The Morgan fingerprint density at radius 1 is 0.973 bits per heavy atom. The monoisotopic (exact) mass is 509 g/mol. The second-order valence-corrected chi connectivity index (χ2v) is 10.9. The van der Waals surface area contributed by atoms with Crippen molar-refractivity contribution in [2.75, 3.05) is 31.5 Å². The molecule has 1 aliphatic heterocycles. The van der Waals surface area contributed by atoms with Gasteiger partial charge in [0, 0.05) is 55.4 Å². The van der Waals surface area contributed by atoms with Gasteiger partial charge in [-0.2, -0.15) is 0 Å². The van der Waals surface area contributed by atoms with E-state index in [9.17, 15) is 18.8 Å². The van der Waals surface area contributed by atoms with E-state index in [1.807, 2.05) is 45.0 Å². The number of hydrogen-bond acceptors (Lipinski definition) is 4. The standard InChI is InChI=1S/C28H36FN5O3/c1-28(2,3)32-25(35)20-7-4-6-19(16-20)18-33-12-14-34(15-13-33)26(36)21-10-11-24(23(29)17-21)31-27(37)30-22-8-5-9-22/h4,6-7,10-11,16-17,22H,5,8-9,12-15,18H2,1-3H3,(H,32,35)(H2,30,31,37). The summed E-state index contributed by atoms with van der Waals surface area (Å²) in [5.74, 6) is -0.967. The predicted molar refractivity (Wildman–Crippen MR) is 141 cm³/mol. The van der Waals surface area contributed by atoms with Crippen LogP contribution in [0.1, 0.15) is 66.3 Å². The molecule has 0 atom stereocenters. The van der Waals surface area contributed by atoms with Gasteiger partial charge in [-0.05, 0) is 75.9 Å². The van der Waals surface area contributed by atoms with Crippen LogP contribution < -0.4 is 16.0 Å². The Balaban J connectivity index is 1.28. The van der Waals surface area contributed by atoms with Crippen LogP contribution in [0.15, 0.2) is 42.5 Å². The second-order valence-electron chi connectivity index (χ2n) is 10.9. The first-order valence-electron chi connectivity index (χ1n) is 12.9. The van der Waals surface area contributed by atoms with Crippen LogP contribution in [0, 0.1) is 5.82 Å². The Labute approximate surface area is 217 Å². The minimum Gasteiger partial charge on any atom is -0.347 e. The van der Waals surface area contributed by atoms with E-state index in [0.717, 1.165) is 24.8 Å². The van der Waals surface area contributed by atoms with E-state index in [0.29, 0.717) is 38.3 Å². The fourth-order valence-electron chi connectivity index (χ4n) is 4.42. The van der Waals surface area contributed by atoms with Crippen molar-refractivity contribution < 1.29 is 18.8 Å². The SMILES string of the molecule is CC(C)(C)NC(=O)c1cccc(CN2CCN(C(=O)c3ccc(NC(=O)NC4CCC4)c(F)c3)CC2)c1. The molecule has 0 radical (unpaired) electrons. The van der Waals surface area contributed by atoms with Gasteiger partial charge in [-0.25, -0.2) is 9.18 Å². The number of carbonyl (C=O) groups excluding carboxylic acids is 3. The van der Waals surface area contributed by atoms with Gasteiger partial charge in [0.25, 0.3) is 11.8 Å². The average molecular weight is 510 g/mol. The zero-order valence-electron chi connectivity index (χ0n) is 21.8. The molecule has 37 heavy (non-hydrogen) atoms. The van der Waals surface area contributed by atoms with Crippen LogP contribution in [-0.4, -0.2) is 65.4 Å². The molecule has 1 saturated carbocycles. The molecule has 2 aliphatic rings. The van der Waals surface area contributed by atoms with Crippen molar-refractivity contribution in [3.05, 3.63) is 65.0 Å². The van der Waals surface area contributed by atoms with Crippen LogP contribution >= 0.6 is 0 Å². The van der Waals surface area contributed by atoms with Gasteiger partial charge in [0.2, 0.25) is 0 Å². The minimum atomic E-state index is -0.636. The maximum Gasteiger partial charge on any atom is 0.319 e. The molecule has 4 amide bonds. The van der Waals surface area contributed by atoms with Gasteiger partial charge in [-0.1, -0.05) is 12.1 Å². The van der Waals surface area contributed by atoms with E-state index >= 15 is 0 Å². The number of halogens is 1. The number of nitrogens with one attached hydrogen (secondary N) is 3. The largest absolute Gasteiger partial charge is 0.347 e. The molecular weight excluding hydrogens is 473 g/mol. The number of rotatable bonds is 6. The summed E-state index contributed by atoms with van der Waals surface area (Å²) >= 11 is 0. The fourth-order valence-corrected chi connectivity index (χ4v) is 4.42. The quantitative estimate of drug-likeness (QED) is 0.549. The van der Waals surface area contributed by atoms with Crippen molar-refractivity contribution in [2.45, 2.75) is 58.2 Å². The summed E-state index contributed by atoms with van der Waals surface area (Å²) in [7, 11) is 0. The highest BCUT2D eigenvalue weighted by atomic mass is 19.1. The molecule has 3 N–H and O–H groups in total. The predicted octanol–water partition coefficient (Wildman–Crippen LogP) is 3.99. The summed E-state index contributed by atoms with van der Waals surface area (Å²) in [6.07, 6.45) is 2.98. The molecule has 2 fully saturated rings. The van der Waals surface area contributed by atoms with Gasteiger partial charge in [0.15, 0.2) is 0 Å². The highest BCUT2D eigenvalue weighted by Gasteiger charge is 2.24. The lowest BCUT2D eigenvalue weighted by atomic mass is 9.93.